The molecule has 184 valence electrons. The van der Waals surface area contributed by atoms with Crippen molar-refractivity contribution in [1.29, 1.82) is 0 Å². The summed E-state index contributed by atoms with van der Waals surface area (Å²) in [6.45, 7) is 7.07. The van der Waals surface area contributed by atoms with Gasteiger partial charge in [-0.05, 0) is 76.9 Å². The molecule has 1 fully saturated rings. The van der Waals surface area contributed by atoms with Gasteiger partial charge in [0.1, 0.15) is 17.1 Å². The van der Waals surface area contributed by atoms with Crippen molar-refractivity contribution in [2.75, 3.05) is 19.7 Å². The van der Waals surface area contributed by atoms with Crippen molar-refractivity contribution in [2.24, 2.45) is 0 Å². The second kappa shape index (κ2) is 10.0. The van der Waals surface area contributed by atoms with Crippen LogP contribution in [0.4, 0.5) is 4.79 Å². The number of carbonyl (C=O) groups is 2. The summed E-state index contributed by atoms with van der Waals surface area (Å²) in [5.41, 5.74) is -0.678. The highest BCUT2D eigenvalue weighted by molar-refractivity contribution is 7.93. The van der Waals surface area contributed by atoms with E-state index in [9.17, 15) is 18.0 Å². The lowest BCUT2D eigenvalue weighted by Gasteiger charge is -2.39. The van der Waals surface area contributed by atoms with E-state index < -0.39 is 32.2 Å². The first kappa shape index (κ1) is 25.6. The molecule has 3 rings (SSSR count). The van der Waals surface area contributed by atoms with Crippen LogP contribution < -0.4 is 4.74 Å². The molecule has 0 aliphatic carbocycles. The molecule has 2 aromatic rings. The topological polar surface area (TPSA) is 99.2 Å². The summed E-state index contributed by atoms with van der Waals surface area (Å²) in [6.07, 6.45) is -0.712. The third-order valence-electron chi connectivity index (χ3n) is 5.50. The minimum absolute atomic E-state index is 0.00770. The van der Waals surface area contributed by atoms with Gasteiger partial charge in [-0.15, -0.1) is 0 Å². The lowest BCUT2D eigenvalue weighted by Crippen LogP contribution is -2.56. The van der Waals surface area contributed by atoms with E-state index in [-0.39, 0.29) is 37.4 Å². The third-order valence-corrected chi connectivity index (χ3v) is 7.99. The van der Waals surface area contributed by atoms with Crippen molar-refractivity contribution in [3.63, 3.8) is 0 Å². The Bertz CT molecular complexity index is 1100. The van der Waals surface area contributed by atoms with E-state index in [4.69, 9.17) is 14.2 Å². The molecule has 8 nitrogen and oxygen atoms in total. The molecular weight excluding hydrogens is 458 g/mol. The number of esters is 1. The van der Waals surface area contributed by atoms with Crippen LogP contribution >= 0.6 is 0 Å². The Morgan fingerprint density at radius 1 is 0.941 bits per heavy atom. The van der Waals surface area contributed by atoms with Gasteiger partial charge in [0.05, 0.1) is 11.5 Å². The predicted octanol–water partition coefficient (Wildman–Crippen LogP) is 4.59. The van der Waals surface area contributed by atoms with Crippen LogP contribution in [0.25, 0.3) is 0 Å². The zero-order valence-electron chi connectivity index (χ0n) is 19.9. The number of rotatable bonds is 6. The normalized spacial score (nSPS) is 15.9. The van der Waals surface area contributed by atoms with Crippen LogP contribution in [0.15, 0.2) is 59.5 Å². The van der Waals surface area contributed by atoms with Gasteiger partial charge < -0.3 is 19.1 Å². The number of nitrogens with zero attached hydrogens (tertiary/aromatic N) is 1. The lowest BCUT2D eigenvalue weighted by atomic mass is 9.96. The number of hydrogen-bond acceptors (Lipinski definition) is 7. The minimum atomic E-state index is -4.13. The number of hydrogen-bond donors (Lipinski definition) is 0. The molecule has 0 unspecified atom stereocenters. The largest absolute Gasteiger partial charge is 0.465 e. The van der Waals surface area contributed by atoms with E-state index in [0.717, 1.165) is 0 Å². The van der Waals surface area contributed by atoms with Crippen LogP contribution in [-0.2, 0) is 24.1 Å². The number of carbonyl (C=O) groups excluding carboxylic acids is 2. The molecule has 1 aliphatic rings. The highest BCUT2D eigenvalue weighted by Crippen LogP contribution is 2.38. The molecule has 34 heavy (non-hydrogen) atoms. The summed E-state index contributed by atoms with van der Waals surface area (Å²) in [7, 11) is -4.13. The van der Waals surface area contributed by atoms with Gasteiger partial charge in [-0.1, -0.05) is 18.2 Å². The maximum Gasteiger partial charge on any atom is 0.410 e. The highest BCUT2D eigenvalue weighted by atomic mass is 32.2. The molecule has 0 atom stereocenters. The van der Waals surface area contributed by atoms with Gasteiger partial charge in [-0.2, -0.15) is 0 Å². The average molecular weight is 490 g/mol. The summed E-state index contributed by atoms with van der Waals surface area (Å²) in [4.78, 5) is 26.9. The molecule has 1 aliphatic heterocycles. The van der Waals surface area contributed by atoms with E-state index in [1.165, 1.54) is 17.0 Å². The minimum Gasteiger partial charge on any atom is -0.465 e. The first-order valence-electron chi connectivity index (χ1n) is 11.2. The highest BCUT2D eigenvalue weighted by Gasteiger charge is 2.54. The summed E-state index contributed by atoms with van der Waals surface area (Å²) >= 11 is 0. The SMILES string of the molecule is CCOC(=O)C1(S(=O)(=O)c2ccc(Oc3ccccc3)cc2)CCN(C(=O)OC(C)(C)C)CC1. The second-order valence-corrected chi connectivity index (χ2v) is 11.3. The summed E-state index contributed by atoms with van der Waals surface area (Å²) < 4.78 is 42.0. The predicted molar refractivity (Wildman–Crippen MR) is 127 cm³/mol. The maximum atomic E-state index is 13.7. The van der Waals surface area contributed by atoms with Crippen LogP contribution in [0.3, 0.4) is 0 Å². The first-order chi connectivity index (χ1) is 16.0. The molecular formula is C25H31NO7S. The number of piperidine rings is 1. The van der Waals surface area contributed by atoms with Crippen LogP contribution in [0.2, 0.25) is 0 Å². The molecule has 0 aromatic heterocycles. The van der Waals surface area contributed by atoms with Crippen molar-refractivity contribution in [3.05, 3.63) is 54.6 Å². The second-order valence-electron chi connectivity index (χ2n) is 9.07. The van der Waals surface area contributed by atoms with Crippen molar-refractivity contribution < 1.29 is 32.2 Å². The van der Waals surface area contributed by atoms with E-state index in [2.05, 4.69) is 0 Å². The van der Waals surface area contributed by atoms with E-state index in [1.54, 1.807) is 52.0 Å². The van der Waals surface area contributed by atoms with Gasteiger partial charge in [0.2, 0.25) is 0 Å². The number of para-hydroxylation sites is 1. The lowest BCUT2D eigenvalue weighted by molar-refractivity contribution is -0.147. The zero-order valence-corrected chi connectivity index (χ0v) is 20.8. The smallest absolute Gasteiger partial charge is 0.410 e. The third kappa shape index (κ3) is 5.52. The number of amides is 1. The standard InChI is InChI=1S/C25H31NO7S/c1-5-31-22(27)25(15-17-26(18-16-25)23(28)33-24(2,3)4)34(29,30)21-13-11-20(12-14-21)32-19-9-7-6-8-10-19/h6-14H,5,15-18H2,1-4H3. The van der Waals surface area contributed by atoms with Gasteiger partial charge in [0, 0.05) is 13.1 Å². The van der Waals surface area contributed by atoms with Gasteiger partial charge >= 0.3 is 12.1 Å². The maximum absolute atomic E-state index is 13.7. The Morgan fingerprint density at radius 3 is 2.03 bits per heavy atom. The molecule has 0 bridgehead atoms. The average Bonchev–Trinajstić information content (AvgIpc) is 2.79. The van der Waals surface area contributed by atoms with E-state index in [1.807, 2.05) is 18.2 Å². The quantitative estimate of drug-likeness (QED) is 0.548. The van der Waals surface area contributed by atoms with Gasteiger partial charge in [0.15, 0.2) is 14.6 Å². The summed E-state index contributed by atoms with van der Waals surface area (Å²) in [6, 6.07) is 15.1. The van der Waals surface area contributed by atoms with Crippen LogP contribution in [0.5, 0.6) is 11.5 Å². The number of likely N-dealkylation sites (tertiary alicyclic amines) is 1. The molecule has 1 heterocycles. The van der Waals surface area contributed by atoms with E-state index in [0.29, 0.717) is 11.5 Å². The van der Waals surface area contributed by atoms with Crippen LogP contribution in [0.1, 0.15) is 40.5 Å². The monoisotopic (exact) mass is 489 g/mol. The molecule has 1 amide bonds. The first-order valence-corrected chi connectivity index (χ1v) is 12.7. The van der Waals surface area contributed by atoms with Crippen LogP contribution in [-0.4, -0.2) is 55.4 Å². The molecule has 0 spiro atoms. The van der Waals surface area contributed by atoms with Gasteiger partial charge in [-0.3, -0.25) is 4.79 Å². The van der Waals surface area contributed by atoms with Crippen LogP contribution in [0, 0.1) is 0 Å². The number of ether oxygens (including phenoxy) is 3. The molecule has 0 saturated carbocycles. The van der Waals surface area contributed by atoms with Gasteiger partial charge in [-0.25, -0.2) is 13.2 Å². The zero-order chi connectivity index (χ0) is 25.0. The molecule has 0 N–H and O–H groups in total. The number of benzene rings is 2. The number of sulfone groups is 1. The van der Waals surface area contributed by atoms with E-state index >= 15 is 0 Å². The molecule has 2 aromatic carbocycles. The van der Waals surface area contributed by atoms with Crippen molar-refractivity contribution in [3.8, 4) is 11.5 Å². The molecule has 9 heteroatoms. The molecule has 0 radical (unpaired) electrons. The fraction of sp³-hybridized carbons (Fsp3) is 0.440. The van der Waals surface area contributed by atoms with Crippen molar-refractivity contribution >= 4 is 21.9 Å². The molecule has 1 saturated heterocycles. The fourth-order valence-electron chi connectivity index (χ4n) is 3.76. The Hall–Kier alpha value is -3.07. The van der Waals surface area contributed by atoms with Gasteiger partial charge in [0.25, 0.3) is 0 Å². The van der Waals surface area contributed by atoms with Crippen molar-refractivity contribution in [1.82, 2.24) is 4.90 Å². The Kier molecular flexibility index (Phi) is 7.55. The summed E-state index contributed by atoms with van der Waals surface area (Å²) in [5, 5.41) is 0. The Balaban J connectivity index is 1.84. The Labute approximate surface area is 200 Å². The summed E-state index contributed by atoms with van der Waals surface area (Å²) in [5.74, 6) is 0.286. The van der Waals surface area contributed by atoms with Crippen molar-refractivity contribution in [2.45, 2.75) is 55.8 Å². The Morgan fingerprint density at radius 2 is 1.50 bits per heavy atom. The fourth-order valence-corrected chi connectivity index (χ4v) is 5.70.